The second-order valence-electron chi connectivity index (χ2n) is 4.03. The van der Waals surface area contributed by atoms with Crippen LogP contribution in [-0.2, 0) is 14.9 Å². The Morgan fingerprint density at radius 3 is 2.67 bits per heavy atom. The van der Waals surface area contributed by atoms with E-state index in [0.717, 1.165) is 36.4 Å². The van der Waals surface area contributed by atoms with E-state index in [1.807, 2.05) is 12.3 Å². The second kappa shape index (κ2) is 3.93. The van der Waals surface area contributed by atoms with E-state index in [2.05, 4.69) is 4.98 Å². The van der Waals surface area contributed by atoms with Crippen LogP contribution in [0, 0.1) is 6.92 Å². The molecule has 0 aliphatic heterocycles. The lowest BCUT2D eigenvalue weighted by atomic mass is 9.83. The third kappa shape index (κ3) is 1.67. The van der Waals surface area contributed by atoms with Crippen molar-refractivity contribution in [3.63, 3.8) is 0 Å². The third-order valence-corrected chi connectivity index (χ3v) is 3.92. The molecule has 0 spiro atoms. The van der Waals surface area contributed by atoms with Crippen LogP contribution in [0.5, 0.6) is 0 Å². The Labute approximate surface area is 93.5 Å². The number of nitrogens with zero attached hydrogens (tertiary/aromatic N) is 1. The normalized spacial score (nSPS) is 19.1. The van der Waals surface area contributed by atoms with Crippen molar-refractivity contribution in [2.24, 2.45) is 0 Å². The molecule has 1 aromatic rings. The predicted octanol–water partition coefficient (Wildman–Crippen LogP) is 2.44. The van der Waals surface area contributed by atoms with Crippen LogP contribution in [0.3, 0.4) is 0 Å². The molecule has 1 heterocycles. The number of aryl methyl sites for hydroxylation is 1. The highest BCUT2D eigenvalue weighted by atomic mass is 32.1. The number of hydrogen-bond acceptors (Lipinski definition) is 4. The molecule has 0 aromatic carbocycles. The van der Waals surface area contributed by atoms with Crippen molar-refractivity contribution >= 4 is 17.3 Å². The number of carbonyl (C=O) groups excluding carboxylic acids is 1. The van der Waals surface area contributed by atoms with Gasteiger partial charge in [-0.25, -0.2) is 4.98 Å². The maximum Gasteiger partial charge on any atom is 0.317 e. The summed E-state index contributed by atoms with van der Waals surface area (Å²) in [4.78, 5) is 16.3. The van der Waals surface area contributed by atoms with Crippen molar-refractivity contribution in [3.05, 3.63) is 16.1 Å². The van der Waals surface area contributed by atoms with Gasteiger partial charge in [0.05, 0.1) is 17.8 Å². The Balaban J connectivity index is 2.38. The van der Waals surface area contributed by atoms with Gasteiger partial charge in [0.2, 0.25) is 0 Å². The standard InChI is InChI=1S/C11H15NO2S/c1-8-12-9(7-15-8)11(10(13)14-2)5-3-4-6-11/h7H,3-6H2,1-2H3. The number of hydrogen-bond donors (Lipinski definition) is 0. The van der Waals surface area contributed by atoms with Crippen molar-refractivity contribution < 1.29 is 9.53 Å². The van der Waals surface area contributed by atoms with Crippen LogP contribution in [0.25, 0.3) is 0 Å². The molecule has 0 unspecified atom stereocenters. The zero-order valence-corrected chi connectivity index (χ0v) is 9.89. The molecule has 1 saturated carbocycles. The Morgan fingerprint density at radius 1 is 1.53 bits per heavy atom. The Morgan fingerprint density at radius 2 is 2.20 bits per heavy atom. The number of esters is 1. The van der Waals surface area contributed by atoms with Crippen LogP contribution in [0.1, 0.15) is 36.4 Å². The largest absolute Gasteiger partial charge is 0.468 e. The summed E-state index contributed by atoms with van der Waals surface area (Å²) in [6.45, 7) is 1.97. The molecule has 0 N–H and O–H groups in total. The van der Waals surface area contributed by atoms with Crippen molar-refractivity contribution in [1.29, 1.82) is 0 Å². The summed E-state index contributed by atoms with van der Waals surface area (Å²) in [5.41, 5.74) is 0.467. The van der Waals surface area contributed by atoms with Crippen molar-refractivity contribution in [3.8, 4) is 0 Å². The summed E-state index contributed by atoms with van der Waals surface area (Å²) < 4.78 is 4.93. The van der Waals surface area contributed by atoms with Gasteiger partial charge in [0.15, 0.2) is 0 Å². The summed E-state index contributed by atoms with van der Waals surface area (Å²) in [5.74, 6) is -0.120. The zero-order valence-electron chi connectivity index (χ0n) is 9.08. The summed E-state index contributed by atoms with van der Waals surface area (Å²) >= 11 is 1.60. The van der Waals surface area contributed by atoms with Gasteiger partial charge in [-0.05, 0) is 19.8 Å². The predicted molar refractivity (Wildman–Crippen MR) is 59.0 cm³/mol. The van der Waals surface area contributed by atoms with E-state index in [-0.39, 0.29) is 5.97 Å². The zero-order chi connectivity index (χ0) is 10.9. The molecule has 1 aromatic heterocycles. The van der Waals surface area contributed by atoms with Crippen molar-refractivity contribution in [1.82, 2.24) is 4.98 Å². The molecule has 4 heteroatoms. The van der Waals surface area contributed by atoms with Gasteiger partial charge in [-0.2, -0.15) is 0 Å². The molecule has 15 heavy (non-hydrogen) atoms. The highest BCUT2D eigenvalue weighted by Crippen LogP contribution is 2.42. The molecular weight excluding hydrogens is 210 g/mol. The molecular formula is C11H15NO2S. The van der Waals surface area contributed by atoms with E-state index in [0.29, 0.717) is 0 Å². The van der Waals surface area contributed by atoms with Gasteiger partial charge in [0, 0.05) is 5.38 Å². The molecule has 1 aliphatic carbocycles. The molecule has 1 aliphatic rings. The number of ether oxygens (including phenoxy) is 1. The molecule has 0 amide bonds. The fourth-order valence-electron chi connectivity index (χ4n) is 2.32. The van der Waals surface area contributed by atoms with Crippen LogP contribution in [0.2, 0.25) is 0 Å². The lowest BCUT2D eigenvalue weighted by Crippen LogP contribution is -2.34. The van der Waals surface area contributed by atoms with Crippen LogP contribution in [0.15, 0.2) is 5.38 Å². The average molecular weight is 225 g/mol. The first-order chi connectivity index (χ1) is 7.19. The molecule has 0 radical (unpaired) electrons. The SMILES string of the molecule is COC(=O)C1(c2csc(C)n2)CCCC1. The summed E-state index contributed by atoms with van der Waals surface area (Å²) in [5, 5.41) is 3.01. The molecule has 1 fully saturated rings. The molecule has 3 nitrogen and oxygen atoms in total. The van der Waals surface area contributed by atoms with Gasteiger partial charge in [0.25, 0.3) is 0 Å². The smallest absolute Gasteiger partial charge is 0.317 e. The topological polar surface area (TPSA) is 39.2 Å². The maximum atomic E-state index is 11.9. The van der Waals surface area contributed by atoms with Crippen LogP contribution in [0.4, 0.5) is 0 Å². The highest BCUT2D eigenvalue weighted by molar-refractivity contribution is 7.09. The summed E-state index contributed by atoms with van der Waals surface area (Å²) in [7, 11) is 1.46. The van der Waals surface area contributed by atoms with Gasteiger partial charge in [-0.3, -0.25) is 4.79 Å². The van der Waals surface area contributed by atoms with Crippen LogP contribution < -0.4 is 0 Å². The molecule has 0 saturated heterocycles. The first-order valence-corrected chi connectivity index (χ1v) is 6.08. The maximum absolute atomic E-state index is 11.9. The van der Waals surface area contributed by atoms with E-state index >= 15 is 0 Å². The van der Waals surface area contributed by atoms with E-state index in [1.165, 1.54) is 7.11 Å². The Hall–Kier alpha value is -0.900. The number of methoxy groups -OCH3 is 1. The fourth-order valence-corrected chi connectivity index (χ4v) is 3.03. The minimum Gasteiger partial charge on any atom is -0.468 e. The molecule has 2 rings (SSSR count). The van der Waals surface area contributed by atoms with E-state index < -0.39 is 5.41 Å². The Bertz CT molecular complexity index is 366. The highest BCUT2D eigenvalue weighted by Gasteiger charge is 2.45. The quantitative estimate of drug-likeness (QED) is 0.726. The first-order valence-electron chi connectivity index (χ1n) is 5.20. The van der Waals surface area contributed by atoms with E-state index in [9.17, 15) is 4.79 Å². The third-order valence-electron chi connectivity index (χ3n) is 3.14. The van der Waals surface area contributed by atoms with Crippen molar-refractivity contribution in [2.75, 3.05) is 7.11 Å². The summed E-state index contributed by atoms with van der Waals surface area (Å²) in [6, 6.07) is 0. The van der Waals surface area contributed by atoms with E-state index in [4.69, 9.17) is 4.74 Å². The van der Waals surface area contributed by atoms with Crippen LogP contribution in [-0.4, -0.2) is 18.1 Å². The van der Waals surface area contributed by atoms with Gasteiger partial charge in [-0.15, -0.1) is 11.3 Å². The first kappa shape index (κ1) is 10.6. The number of rotatable bonds is 2. The molecule has 0 atom stereocenters. The van der Waals surface area contributed by atoms with Gasteiger partial charge < -0.3 is 4.74 Å². The minimum atomic E-state index is -0.445. The molecule has 0 bridgehead atoms. The Kier molecular flexibility index (Phi) is 2.78. The van der Waals surface area contributed by atoms with Gasteiger partial charge in [0.1, 0.15) is 5.41 Å². The number of aromatic nitrogens is 1. The average Bonchev–Trinajstić information content (AvgIpc) is 2.85. The lowest BCUT2D eigenvalue weighted by molar-refractivity contribution is -0.147. The van der Waals surface area contributed by atoms with Gasteiger partial charge >= 0.3 is 5.97 Å². The van der Waals surface area contributed by atoms with Gasteiger partial charge in [-0.1, -0.05) is 12.8 Å². The molecule has 82 valence electrons. The minimum absolute atomic E-state index is 0.120. The fraction of sp³-hybridized carbons (Fsp3) is 0.636. The number of thiazole rings is 1. The summed E-state index contributed by atoms with van der Waals surface area (Å²) in [6.07, 6.45) is 3.93. The second-order valence-corrected chi connectivity index (χ2v) is 5.09. The number of carbonyl (C=O) groups is 1. The lowest BCUT2D eigenvalue weighted by Gasteiger charge is -2.23. The monoisotopic (exact) mass is 225 g/mol. The van der Waals surface area contributed by atoms with E-state index in [1.54, 1.807) is 11.3 Å². The van der Waals surface area contributed by atoms with Crippen LogP contribution >= 0.6 is 11.3 Å². The van der Waals surface area contributed by atoms with Crippen molar-refractivity contribution in [2.45, 2.75) is 38.0 Å².